The van der Waals surface area contributed by atoms with E-state index in [0.29, 0.717) is 6.54 Å². The minimum atomic E-state index is -1.61. The molecule has 0 rings (SSSR count). The maximum Gasteiger partial charge on any atom is 0.351 e. The van der Waals surface area contributed by atoms with Crippen molar-refractivity contribution in [3.05, 3.63) is 0 Å². The Hall–Kier alpha value is -0.290. The minimum Gasteiger partial charge on any atom is -0.463 e. The molecule has 0 fully saturated rings. The normalized spacial score (nSPS) is 15.3. The molecule has 0 amide bonds. The number of hydrogen-bond donors (Lipinski definition) is 1. The first kappa shape index (κ1) is 11.7. The van der Waals surface area contributed by atoms with Crippen LogP contribution in [0.15, 0.2) is 0 Å². The first-order chi connectivity index (χ1) is 5.61. The summed E-state index contributed by atoms with van der Waals surface area (Å²) >= 11 is 0.881. The molecule has 0 saturated heterocycles. The van der Waals surface area contributed by atoms with E-state index < -0.39 is 11.5 Å². The highest BCUT2D eigenvalue weighted by atomic mass is 32.2. The van der Waals surface area contributed by atoms with Crippen LogP contribution in [-0.2, 0) is 9.53 Å². The molecule has 0 aromatic rings. The summed E-state index contributed by atoms with van der Waals surface area (Å²) in [7, 11) is 0. The van der Waals surface area contributed by atoms with Gasteiger partial charge in [-0.25, -0.2) is 9.18 Å². The molecule has 2 unspecified atom stereocenters. The van der Waals surface area contributed by atoms with Crippen molar-refractivity contribution in [2.45, 2.75) is 24.6 Å². The molecule has 0 aromatic carbocycles. The molecule has 0 aliphatic carbocycles. The van der Waals surface area contributed by atoms with Crippen molar-refractivity contribution >= 4 is 17.7 Å². The Morgan fingerprint density at radius 2 is 2.33 bits per heavy atom. The van der Waals surface area contributed by atoms with E-state index >= 15 is 0 Å². The molecule has 12 heavy (non-hydrogen) atoms. The van der Waals surface area contributed by atoms with Crippen LogP contribution in [0.1, 0.15) is 13.8 Å². The molecule has 0 aromatic heterocycles. The van der Waals surface area contributed by atoms with Gasteiger partial charge < -0.3 is 10.5 Å². The molecule has 5 heteroatoms. The number of nitrogens with two attached hydrogens (primary N) is 1. The fraction of sp³-hybridized carbons (Fsp3) is 0.857. The third kappa shape index (κ3) is 4.56. The molecule has 0 radical (unpaired) electrons. The fourth-order valence-corrected chi connectivity index (χ4v) is 1.22. The Morgan fingerprint density at radius 1 is 1.75 bits per heavy atom. The standard InChI is InChI=1S/C7H14FNO2S/c1-3-11-7(10)6(8)12-5(2)4-9/h5-6H,3-4,9H2,1-2H3. The zero-order chi connectivity index (χ0) is 9.56. The fourth-order valence-electron chi connectivity index (χ4n) is 0.523. The smallest absolute Gasteiger partial charge is 0.351 e. The van der Waals surface area contributed by atoms with Crippen molar-refractivity contribution in [2.75, 3.05) is 13.2 Å². The molecular weight excluding hydrogens is 181 g/mol. The monoisotopic (exact) mass is 195 g/mol. The van der Waals surface area contributed by atoms with E-state index in [2.05, 4.69) is 4.74 Å². The van der Waals surface area contributed by atoms with Crippen LogP contribution in [0.3, 0.4) is 0 Å². The van der Waals surface area contributed by atoms with Crippen molar-refractivity contribution in [2.24, 2.45) is 5.73 Å². The molecule has 0 aliphatic rings. The Morgan fingerprint density at radius 3 is 2.75 bits per heavy atom. The lowest BCUT2D eigenvalue weighted by atomic mass is 10.5. The Kier molecular flexibility index (Phi) is 6.10. The maximum atomic E-state index is 12.9. The summed E-state index contributed by atoms with van der Waals surface area (Å²) < 4.78 is 17.3. The second kappa shape index (κ2) is 6.25. The van der Waals surface area contributed by atoms with Crippen LogP contribution in [0.5, 0.6) is 0 Å². The number of thioether (sulfide) groups is 1. The van der Waals surface area contributed by atoms with Gasteiger partial charge in [0.25, 0.3) is 0 Å². The van der Waals surface area contributed by atoms with Crippen molar-refractivity contribution in [3.63, 3.8) is 0 Å². The van der Waals surface area contributed by atoms with Gasteiger partial charge in [-0.3, -0.25) is 0 Å². The average molecular weight is 195 g/mol. The van der Waals surface area contributed by atoms with E-state index in [-0.39, 0.29) is 11.9 Å². The lowest BCUT2D eigenvalue weighted by molar-refractivity contribution is -0.145. The van der Waals surface area contributed by atoms with Gasteiger partial charge in [0.05, 0.1) is 6.61 Å². The molecular formula is C7H14FNO2S. The van der Waals surface area contributed by atoms with Gasteiger partial charge in [0, 0.05) is 11.8 Å². The van der Waals surface area contributed by atoms with Gasteiger partial charge in [-0.15, -0.1) is 11.8 Å². The lowest BCUT2D eigenvalue weighted by Gasteiger charge is -2.10. The molecule has 0 spiro atoms. The first-order valence-corrected chi connectivity index (χ1v) is 4.72. The summed E-state index contributed by atoms with van der Waals surface area (Å²) in [6.07, 6.45) is 0. The molecule has 0 heterocycles. The third-order valence-corrected chi connectivity index (χ3v) is 2.24. The van der Waals surface area contributed by atoms with E-state index in [1.807, 2.05) is 0 Å². The van der Waals surface area contributed by atoms with E-state index in [0.717, 1.165) is 11.8 Å². The zero-order valence-corrected chi connectivity index (χ0v) is 8.07. The molecule has 0 bridgehead atoms. The summed E-state index contributed by atoms with van der Waals surface area (Å²) in [6, 6.07) is 0. The molecule has 0 saturated carbocycles. The second-order valence-electron chi connectivity index (χ2n) is 2.25. The van der Waals surface area contributed by atoms with Crippen LogP contribution in [0.2, 0.25) is 0 Å². The highest BCUT2D eigenvalue weighted by molar-refractivity contribution is 8.01. The van der Waals surface area contributed by atoms with Crippen molar-refractivity contribution in [1.29, 1.82) is 0 Å². The molecule has 72 valence electrons. The number of halogens is 1. The Balaban J connectivity index is 3.70. The topological polar surface area (TPSA) is 52.3 Å². The first-order valence-electron chi connectivity index (χ1n) is 3.78. The molecule has 3 nitrogen and oxygen atoms in total. The number of carbonyl (C=O) groups excluding carboxylic acids is 1. The third-order valence-electron chi connectivity index (χ3n) is 1.16. The molecule has 0 aliphatic heterocycles. The van der Waals surface area contributed by atoms with Crippen LogP contribution in [-0.4, -0.2) is 29.9 Å². The number of hydrogen-bond acceptors (Lipinski definition) is 4. The quantitative estimate of drug-likeness (QED) is 0.663. The van der Waals surface area contributed by atoms with Crippen LogP contribution in [0, 0.1) is 0 Å². The number of alkyl halides is 1. The SMILES string of the molecule is CCOC(=O)C(F)SC(C)CN. The summed E-state index contributed by atoms with van der Waals surface area (Å²) in [5.41, 5.74) is 3.65. The summed E-state index contributed by atoms with van der Waals surface area (Å²) in [5, 5.41) is -0.0654. The van der Waals surface area contributed by atoms with E-state index in [4.69, 9.17) is 5.73 Å². The minimum absolute atomic E-state index is 0.0654. The van der Waals surface area contributed by atoms with Crippen LogP contribution in [0.25, 0.3) is 0 Å². The highest BCUT2D eigenvalue weighted by Gasteiger charge is 2.21. The number of ether oxygens (including phenoxy) is 1. The van der Waals surface area contributed by atoms with E-state index in [1.165, 1.54) is 0 Å². The van der Waals surface area contributed by atoms with E-state index in [9.17, 15) is 9.18 Å². The van der Waals surface area contributed by atoms with Crippen LogP contribution in [0.4, 0.5) is 4.39 Å². The average Bonchev–Trinajstić information content (AvgIpc) is 2.04. The highest BCUT2D eigenvalue weighted by Crippen LogP contribution is 2.18. The number of carbonyl (C=O) groups is 1. The van der Waals surface area contributed by atoms with Crippen molar-refractivity contribution < 1.29 is 13.9 Å². The van der Waals surface area contributed by atoms with Gasteiger partial charge in [-0.1, -0.05) is 6.92 Å². The summed E-state index contributed by atoms with van der Waals surface area (Å²) in [4.78, 5) is 10.7. The van der Waals surface area contributed by atoms with Gasteiger partial charge in [0.1, 0.15) is 0 Å². The molecule has 2 N–H and O–H groups in total. The number of rotatable bonds is 5. The Labute approximate surface area is 75.8 Å². The predicted octanol–water partition coefficient (Wildman–Crippen LogP) is 0.925. The van der Waals surface area contributed by atoms with Crippen molar-refractivity contribution in [1.82, 2.24) is 0 Å². The zero-order valence-electron chi connectivity index (χ0n) is 7.25. The lowest BCUT2D eigenvalue weighted by Crippen LogP contribution is -2.21. The largest absolute Gasteiger partial charge is 0.463 e. The molecule has 2 atom stereocenters. The van der Waals surface area contributed by atoms with Crippen molar-refractivity contribution in [3.8, 4) is 0 Å². The van der Waals surface area contributed by atoms with Crippen LogP contribution < -0.4 is 5.73 Å². The van der Waals surface area contributed by atoms with Gasteiger partial charge in [0.15, 0.2) is 0 Å². The maximum absolute atomic E-state index is 12.9. The van der Waals surface area contributed by atoms with Gasteiger partial charge in [0.2, 0.25) is 5.50 Å². The summed E-state index contributed by atoms with van der Waals surface area (Å²) in [6.45, 7) is 3.96. The second-order valence-corrected chi connectivity index (χ2v) is 3.74. The Bertz CT molecular complexity index is 145. The predicted molar refractivity (Wildman–Crippen MR) is 47.6 cm³/mol. The van der Waals surface area contributed by atoms with Gasteiger partial charge >= 0.3 is 5.97 Å². The van der Waals surface area contributed by atoms with Crippen LogP contribution >= 0.6 is 11.8 Å². The number of esters is 1. The summed E-state index contributed by atoms with van der Waals surface area (Å²) in [5.74, 6) is -0.817. The van der Waals surface area contributed by atoms with Gasteiger partial charge in [-0.2, -0.15) is 0 Å². The van der Waals surface area contributed by atoms with E-state index in [1.54, 1.807) is 13.8 Å². The van der Waals surface area contributed by atoms with Gasteiger partial charge in [-0.05, 0) is 6.92 Å².